The summed E-state index contributed by atoms with van der Waals surface area (Å²) in [6, 6.07) is 13.2. The van der Waals surface area contributed by atoms with Gasteiger partial charge in [0.1, 0.15) is 11.5 Å². The number of carbonyl (C=O) groups excluding carboxylic acids is 1. The monoisotopic (exact) mass is 352 g/mol. The molecule has 5 heteroatoms. The molecule has 4 rings (SSSR count). The van der Waals surface area contributed by atoms with Crippen LogP contribution in [-0.4, -0.2) is 37.9 Å². The number of likely N-dealkylation sites (N-methyl/N-ethyl adjacent to an activating group) is 2. The molecule has 2 aliphatic rings. The van der Waals surface area contributed by atoms with Gasteiger partial charge in [-0.25, -0.2) is 4.79 Å². The first kappa shape index (κ1) is 16.9. The van der Waals surface area contributed by atoms with Crippen molar-refractivity contribution in [1.82, 2.24) is 4.90 Å². The number of para-hydroxylation sites is 1. The number of benzene rings is 2. The molecule has 2 heterocycles. The van der Waals surface area contributed by atoms with Gasteiger partial charge in [-0.2, -0.15) is 0 Å². The van der Waals surface area contributed by atoms with E-state index in [0.29, 0.717) is 17.7 Å². The number of likely N-dealkylation sites (tertiary alicyclic amines) is 1. The van der Waals surface area contributed by atoms with E-state index < -0.39 is 6.16 Å². The highest BCUT2D eigenvalue weighted by Crippen LogP contribution is 2.51. The first-order chi connectivity index (χ1) is 12.4. The number of carbonyl (C=O) groups is 1. The molecular formula is C21H24N2O3. The Morgan fingerprint density at radius 3 is 2.69 bits per heavy atom. The van der Waals surface area contributed by atoms with E-state index in [0.717, 1.165) is 18.5 Å². The number of ether oxygens (including phenoxy) is 2. The zero-order chi connectivity index (χ0) is 18.5. The minimum Gasteiger partial charge on any atom is -0.395 e. The van der Waals surface area contributed by atoms with Crippen LogP contribution in [0.2, 0.25) is 0 Å². The number of hydrogen-bond acceptors (Lipinski definition) is 5. The number of aryl methyl sites for hydroxylation is 1. The van der Waals surface area contributed by atoms with Crippen LogP contribution in [0.3, 0.4) is 0 Å². The van der Waals surface area contributed by atoms with Gasteiger partial charge in [-0.3, -0.25) is 4.90 Å². The first-order valence-electron chi connectivity index (χ1n) is 8.93. The van der Waals surface area contributed by atoms with Crippen LogP contribution in [0.15, 0.2) is 42.5 Å². The molecule has 0 amide bonds. The Hall–Kier alpha value is -2.53. The SMILES string of the molecule is Cc1ccccc1OC(=O)Oc1ccc2c(c1)[C@]1(C)CCN(C)[C@@H]1N2C. The fourth-order valence-electron chi connectivity index (χ4n) is 4.50. The summed E-state index contributed by atoms with van der Waals surface area (Å²) in [5, 5.41) is 0. The zero-order valence-electron chi connectivity index (χ0n) is 15.7. The Bertz CT molecular complexity index is 866. The maximum atomic E-state index is 12.2. The van der Waals surface area contributed by atoms with Gasteiger partial charge in [0.05, 0.1) is 6.17 Å². The van der Waals surface area contributed by atoms with Gasteiger partial charge < -0.3 is 14.4 Å². The van der Waals surface area contributed by atoms with Gasteiger partial charge in [-0.1, -0.05) is 25.1 Å². The van der Waals surface area contributed by atoms with Crippen LogP contribution < -0.4 is 14.4 Å². The van der Waals surface area contributed by atoms with E-state index in [4.69, 9.17) is 9.47 Å². The van der Waals surface area contributed by atoms with Gasteiger partial charge in [0.2, 0.25) is 0 Å². The summed E-state index contributed by atoms with van der Waals surface area (Å²) in [4.78, 5) is 16.9. The van der Waals surface area contributed by atoms with Crippen molar-refractivity contribution in [2.24, 2.45) is 0 Å². The third-order valence-electron chi connectivity index (χ3n) is 5.79. The molecule has 2 atom stereocenters. The van der Waals surface area contributed by atoms with E-state index in [1.165, 1.54) is 11.3 Å². The van der Waals surface area contributed by atoms with E-state index in [1.807, 2.05) is 43.3 Å². The van der Waals surface area contributed by atoms with Crippen molar-refractivity contribution in [1.29, 1.82) is 0 Å². The normalized spacial score (nSPS) is 24.3. The second-order valence-electron chi connectivity index (χ2n) is 7.53. The molecule has 0 N–H and O–H groups in total. The minimum absolute atomic E-state index is 0.0398. The predicted octanol–water partition coefficient (Wildman–Crippen LogP) is 3.94. The van der Waals surface area contributed by atoms with Crippen molar-refractivity contribution in [2.75, 3.05) is 25.5 Å². The van der Waals surface area contributed by atoms with Gasteiger partial charge in [0.15, 0.2) is 0 Å². The molecule has 26 heavy (non-hydrogen) atoms. The van der Waals surface area contributed by atoms with Crippen LogP contribution in [0.4, 0.5) is 10.5 Å². The Balaban J connectivity index is 1.56. The van der Waals surface area contributed by atoms with E-state index in [9.17, 15) is 4.79 Å². The van der Waals surface area contributed by atoms with E-state index in [2.05, 4.69) is 30.8 Å². The number of rotatable bonds is 2. The highest BCUT2D eigenvalue weighted by molar-refractivity contribution is 5.70. The summed E-state index contributed by atoms with van der Waals surface area (Å²) in [5.41, 5.74) is 3.36. The van der Waals surface area contributed by atoms with Crippen molar-refractivity contribution in [3.8, 4) is 11.5 Å². The Kier molecular flexibility index (Phi) is 3.92. The molecule has 0 aliphatic carbocycles. The predicted molar refractivity (Wildman–Crippen MR) is 101 cm³/mol. The largest absolute Gasteiger partial charge is 0.519 e. The molecule has 0 radical (unpaired) electrons. The quantitative estimate of drug-likeness (QED) is 0.605. The molecule has 136 valence electrons. The average molecular weight is 352 g/mol. The molecule has 5 nitrogen and oxygen atoms in total. The summed E-state index contributed by atoms with van der Waals surface area (Å²) in [5.74, 6) is 1.04. The number of anilines is 1. The van der Waals surface area contributed by atoms with Gasteiger partial charge in [0.25, 0.3) is 0 Å². The summed E-state index contributed by atoms with van der Waals surface area (Å²) in [7, 11) is 4.29. The lowest BCUT2D eigenvalue weighted by Gasteiger charge is -2.32. The van der Waals surface area contributed by atoms with E-state index in [1.54, 1.807) is 6.07 Å². The average Bonchev–Trinajstić information content (AvgIpc) is 3.03. The Morgan fingerprint density at radius 1 is 1.15 bits per heavy atom. The highest BCUT2D eigenvalue weighted by atomic mass is 16.7. The van der Waals surface area contributed by atoms with Crippen molar-refractivity contribution in [3.05, 3.63) is 53.6 Å². The van der Waals surface area contributed by atoms with Crippen LogP contribution in [0, 0.1) is 6.92 Å². The fourth-order valence-corrected chi connectivity index (χ4v) is 4.50. The number of nitrogens with zero attached hydrogens (tertiary/aromatic N) is 2. The maximum Gasteiger partial charge on any atom is 0.519 e. The third kappa shape index (κ3) is 2.54. The van der Waals surface area contributed by atoms with Crippen molar-refractivity contribution in [2.45, 2.75) is 31.8 Å². The Labute approximate surface area is 154 Å². The number of hydrogen-bond donors (Lipinski definition) is 0. The van der Waals surface area contributed by atoms with Crippen molar-refractivity contribution in [3.63, 3.8) is 0 Å². The van der Waals surface area contributed by atoms with Crippen LogP contribution in [0.1, 0.15) is 24.5 Å². The molecule has 0 aromatic heterocycles. The molecule has 1 fully saturated rings. The topological polar surface area (TPSA) is 42.0 Å². The lowest BCUT2D eigenvalue weighted by atomic mass is 9.81. The molecule has 1 saturated heterocycles. The van der Waals surface area contributed by atoms with Crippen LogP contribution in [-0.2, 0) is 5.41 Å². The van der Waals surface area contributed by atoms with Crippen LogP contribution in [0.5, 0.6) is 11.5 Å². The Morgan fingerprint density at radius 2 is 1.92 bits per heavy atom. The lowest BCUT2D eigenvalue weighted by molar-refractivity contribution is 0.151. The van der Waals surface area contributed by atoms with Crippen LogP contribution >= 0.6 is 0 Å². The molecule has 0 bridgehead atoms. The summed E-state index contributed by atoms with van der Waals surface area (Å²) >= 11 is 0. The standard InChI is InChI=1S/C21H24N2O3/c1-14-7-5-6-8-18(14)26-20(24)25-15-9-10-17-16(13-15)21(2)11-12-22(3)19(21)23(17)4/h5-10,13,19H,11-12H2,1-4H3/t19-,21+/m1/s1. The second-order valence-corrected chi connectivity index (χ2v) is 7.53. The molecule has 0 unspecified atom stereocenters. The molecule has 2 aromatic rings. The minimum atomic E-state index is -0.712. The smallest absolute Gasteiger partial charge is 0.395 e. The third-order valence-corrected chi connectivity index (χ3v) is 5.79. The molecule has 0 spiro atoms. The zero-order valence-corrected chi connectivity index (χ0v) is 15.7. The number of fused-ring (bicyclic) bond motifs is 3. The summed E-state index contributed by atoms with van der Waals surface area (Å²) in [6.07, 6.45) is 0.713. The lowest BCUT2D eigenvalue weighted by Crippen LogP contribution is -2.45. The van der Waals surface area contributed by atoms with Gasteiger partial charge in [-0.05, 0) is 55.8 Å². The summed E-state index contributed by atoms with van der Waals surface area (Å²) in [6.45, 7) is 5.25. The molecule has 0 saturated carbocycles. The maximum absolute atomic E-state index is 12.2. The van der Waals surface area contributed by atoms with Gasteiger partial charge >= 0.3 is 6.16 Å². The van der Waals surface area contributed by atoms with Crippen molar-refractivity contribution >= 4 is 11.8 Å². The fraction of sp³-hybridized carbons (Fsp3) is 0.381. The van der Waals surface area contributed by atoms with Gasteiger partial charge in [0, 0.05) is 24.7 Å². The molecule has 2 aromatic carbocycles. The first-order valence-corrected chi connectivity index (χ1v) is 8.93. The van der Waals surface area contributed by atoms with Crippen LogP contribution in [0.25, 0.3) is 0 Å². The van der Waals surface area contributed by atoms with E-state index in [-0.39, 0.29) is 5.41 Å². The van der Waals surface area contributed by atoms with Gasteiger partial charge in [-0.15, -0.1) is 0 Å². The molecular weight excluding hydrogens is 328 g/mol. The summed E-state index contributed by atoms with van der Waals surface area (Å²) < 4.78 is 10.8. The van der Waals surface area contributed by atoms with E-state index >= 15 is 0 Å². The second kappa shape index (κ2) is 6.02. The van der Waals surface area contributed by atoms with Crippen molar-refractivity contribution < 1.29 is 14.3 Å². The molecule has 2 aliphatic heterocycles. The highest BCUT2D eigenvalue weighted by Gasteiger charge is 2.52.